The number of benzene rings is 1. The standard InChI is InChI=1S/C13H19N3O2S/c1-3-4-8-16(2)19(17,18)10-11-6-5-7-13(15)12(11)9-14/h5-7H,3-4,8,10,15H2,1-2H3. The molecule has 0 saturated heterocycles. The third-order valence-electron chi connectivity index (χ3n) is 2.93. The minimum Gasteiger partial charge on any atom is -0.398 e. The smallest absolute Gasteiger partial charge is 0.218 e. The van der Waals surface area contributed by atoms with Crippen LogP contribution in [0.4, 0.5) is 5.69 Å². The highest BCUT2D eigenvalue weighted by Crippen LogP contribution is 2.19. The molecule has 104 valence electrons. The molecule has 0 atom stereocenters. The summed E-state index contributed by atoms with van der Waals surface area (Å²) in [6.07, 6.45) is 1.75. The van der Waals surface area contributed by atoms with Crippen molar-refractivity contribution >= 4 is 15.7 Å². The molecule has 2 N–H and O–H groups in total. The van der Waals surface area contributed by atoms with E-state index in [4.69, 9.17) is 11.0 Å². The van der Waals surface area contributed by atoms with Crippen LogP contribution in [0.2, 0.25) is 0 Å². The predicted octanol–water partition coefficient (Wildman–Crippen LogP) is 1.70. The van der Waals surface area contributed by atoms with Gasteiger partial charge in [-0.25, -0.2) is 12.7 Å². The average Bonchev–Trinajstić information content (AvgIpc) is 2.35. The molecule has 0 saturated carbocycles. The molecule has 0 aliphatic heterocycles. The molecule has 1 rings (SSSR count). The van der Waals surface area contributed by atoms with E-state index in [1.807, 2.05) is 13.0 Å². The Hall–Kier alpha value is -1.58. The maximum absolute atomic E-state index is 12.2. The Morgan fingerprint density at radius 2 is 2.11 bits per heavy atom. The molecule has 19 heavy (non-hydrogen) atoms. The monoisotopic (exact) mass is 281 g/mol. The lowest BCUT2D eigenvalue weighted by Gasteiger charge is -2.17. The maximum Gasteiger partial charge on any atom is 0.218 e. The second kappa shape index (κ2) is 6.55. The highest BCUT2D eigenvalue weighted by atomic mass is 32.2. The third kappa shape index (κ3) is 3.94. The van der Waals surface area contributed by atoms with Gasteiger partial charge in [0, 0.05) is 19.3 Å². The summed E-state index contributed by atoms with van der Waals surface area (Å²) in [5.74, 6) is -0.193. The van der Waals surface area contributed by atoms with Crippen molar-refractivity contribution in [1.82, 2.24) is 4.31 Å². The largest absolute Gasteiger partial charge is 0.398 e. The Bertz CT molecular complexity index is 576. The number of nitrogens with two attached hydrogens (primary N) is 1. The van der Waals surface area contributed by atoms with Gasteiger partial charge in [0.2, 0.25) is 10.0 Å². The van der Waals surface area contributed by atoms with Crippen molar-refractivity contribution in [2.45, 2.75) is 25.5 Å². The summed E-state index contributed by atoms with van der Waals surface area (Å²) >= 11 is 0. The molecular formula is C13H19N3O2S. The van der Waals surface area contributed by atoms with Gasteiger partial charge in [-0.1, -0.05) is 25.5 Å². The lowest BCUT2D eigenvalue weighted by atomic mass is 10.1. The number of nitrogen functional groups attached to an aromatic ring is 1. The summed E-state index contributed by atoms with van der Waals surface area (Å²) in [5, 5.41) is 9.04. The van der Waals surface area contributed by atoms with Crippen molar-refractivity contribution in [3.05, 3.63) is 29.3 Å². The van der Waals surface area contributed by atoms with Crippen molar-refractivity contribution in [3.8, 4) is 6.07 Å². The summed E-state index contributed by atoms with van der Waals surface area (Å²) in [6, 6.07) is 6.84. The summed E-state index contributed by atoms with van der Waals surface area (Å²) < 4.78 is 25.7. The van der Waals surface area contributed by atoms with Crippen LogP contribution in [0.25, 0.3) is 0 Å². The fraction of sp³-hybridized carbons (Fsp3) is 0.462. The molecule has 0 aliphatic carbocycles. The zero-order valence-electron chi connectivity index (χ0n) is 11.3. The van der Waals surface area contributed by atoms with E-state index in [9.17, 15) is 8.42 Å². The molecule has 0 aromatic heterocycles. The Labute approximate surface area is 114 Å². The van der Waals surface area contributed by atoms with Crippen LogP contribution in [0.3, 0.4) is 0 Å². The number of hydrogen-bond acceptors (Lipinski definition) is 4. The molecule has 0 amide bonds. The van der Waals surface area contributed by atoms with Crippen LogP contribution in [-0.2, 0) is 15.8 Å². The second-order valence-corrected chi connectivity index (χ2v) is 6.50. The van der Waals surface area contributed by atoms with Crippen molar-refractivity contribution in [2.75, 3.05) is 19.3 Å². The molecule has 0 bridgehead atoms. The van der Waals surface area contributed by atoms with E-state index in [1.54, 1.807) is 25.2 Å². The van der Waals surface area contributed by atoms with Gasteiger partial charge in [-0.05, 0) is 18.1 Å². The van der Waals surface area contributed by atoms with E-state index >= 15 is 0 Å². The van der Waals surface area contributed by atoms with E-state index in [1.165, 1.54) is 4.31 Å². The Morgan fingerprint density at radius 1 is 1.42 bits per heavy atom. The molecule has 0 aliphatic rings. The average molecular weight is 281 g/mol. The highest BCUT2D eigenvalue weighted by molar-refractivity contribution is 7.88. The number of sulfonamides is 1. The first-order valence-electron chi connectivity index (χ1n) is 6.13. The van der Waals surface area contributed by atoms with Gasteiger partial charge in [-0.3, -0.25) is 0 Å². The fourth-order valence-corrected chi connectivity index (χ4v) is 2.96. The van der Waals surface area contributed by atoms with Crippen molar-refractivity contribution in [3.63, 3.8) is 0 Å². The lowest BCUT2D eigenvalue weighted by molar-refractivity contribution is 0.458. The van der Waals surface area contributed by atoms with E-state index in [0.29, 0.717) is 17.8 Å². The third-order valence-corrected chi connectivity index (χ3v) is 4.74. The zero-order valence-corrected chi connectivity index (χ0v) is 12.1. The molecule has 0 unspecified atom stereocenters. The Balaban J connectivity index is 2.96. The minimum absolute atomic E-state index is 0.193. The molecule has 5 nitrogen and oxygen atoms in total. The van der Waals surface area contributed by atoms with Gasteiger partial charge >= 0.3 is 0 Å². The van der Waals surface area contributed by atoms with Crippen molar-refractivity contribution in [1.29, 1.82) is 5.26 Å². The van der Waals surface area contributed by atoms with Crippen LogP contribution in [0.5, 0.6) is 0 Å². The lowest BCUT2D eigenvalue weighted by Crippen LogP contribution is -2.29. The number of rotatable bonds is 6. The molecule has 1 aromatic carbocycles. The number of anilines is 1. The van der Waals surface area contributed by atoms with Crippen LogP contribution in [0, 0.1) is 11.3 Å². The minimum atomic E-state index is -3.41. The summed E-state index contributed by atoms with van der Waals surface area (Å²) in [7, 11) is -1.85. The van der Waals surface area contributed by atoms with E-state index in [-0.39, 0.29) is 11.3 Å². The van der Waals surface area contributed by atoms with Crippen LogP contribution in [0.1, 0.15) is 30.9 Å². The Kier molecular flexibility index (Phi) is 5.33. The first kappa shape index (κ1) is 15.5. The molecular weight excluding hydrogens is 262 g/mol. The van der Waals surface area contributed by atoms with Gasteiger partial charge in [0.15, 0.2) is 0 Å². The van der Waals surface area contributed by atoms with Gasteiger partial charge in [0.1, 0.15) is 6.07 Å². The summed E-state index contributed by atoms with van der Waals surface area (Å²) in [6.45, 7) is 2.50. The summed E-state index contributed by atoms with van der Waals surface area (Å²) in [5.41, 5.74) is 6.68. The van der Waals surface area contributed by atoms with Crippen LogP contribution in [-0.4, -0.2) is 26.3 Å². The van der Waals surface area contributed by atoms with Crippen LogP contribution in [0.15, 0.2) is 18.2 Å². The van der Waals surface area contributed by atoms with E-state index < -0.39 is 10.0 Å². The number of unbranched alkanes of at least 4 members (excludes halogenated alkanes) is 1. The van der Waals surface area contributed by atoms with Crippen molar-refractivity contribution < 1.29 is 8.42 Å². The van der Waals surface area contributed by atoms with E-state index in [0.717, 1.165) is 12.8 Å². The maximum atomic E-state index is 12.2. The second-order valence-electron chi connectivity index (χ2n) is 4.42. The predicted molar refractivity (Wildman–Crippen MR) is 75.7 cm³/mol. The first-order valence-corrected chi connectivity index (χ1v) is 7.74. The molecule has 0 radical (unpaired) electrons. The van der Waals surface area contributed by atoms with Crippen LogP contribution >= 0.6 is 0 Å². The molecule has 0 spiro atoms. The van der Waals surface area contributed by atoms with E-state index in [2.05, 4.69) is 0 Å². The van der Waals surface area contributed by atoms with Gasteiger partial charge in [0.25, 0.3) is 0 Å². The SMILES string of the molecule is CCCCN(C)S(=O)(=O)Cc1cccc(N)c1C#N. The number of nitrogens with zero attached hydrogens (tertiary/aromatic N) is 2. The highest BCUT2D eigenvalue weighted by Gasteiger charge is 2.20. The first-order chi connectivity index (χ1) is 8.92. The van der Waals surface area contributed by atoms with Crippen LogP contribution < -0.4 is 5.73 Å². The van der Waals surface area contributed by atoms with Gasteiger partial charge in [-0.2, -0.15) is 5.26 Å². The fourth-order valence-electron chi connectivity index (χ4n) is 1.70. The van der Waals surface area contributed by atoms with Gasteiger partial charge < -0.3 is 5.73 Å². The molecule has 0 heterocycles. The number of nitriles is 1. The summed E-state index contributed by atoms with van der Waals surface area (Å²) in [4.78, 5) is 0. The molecule has 0 fully saturated rings. The Morgan fingerprint density at radius 3 is 2.68 bits per heavy atom. The van der Waals surface area contributed by atoms with Gasteiger partial charge in [0.05, 0.1) is 11.3 Å². The van der Waals surface area contributed by atoms with Crippen molar-refractivity contribution in [2.24, 2.45) is 0 Å². The quantitative estimate of drug-likeness (QED) is 0.804. The normalized spacial score (nSPS) is 11.5. The topological polar surface area (TPSA) is 87.2 Å². The van der Waals surface area contributed by atoms with Gasteiger partial charge in [-0.15, -0.1) is 0 Å². The molecule has 6 heteroatoms. The number of hydrogen-bond donors (Lipinski definition) is 1. The zero-order chi connectivity index (χ0) is 14.5. The molecule has 1 aromatic rings.